The molecule has 7 nitrogen and oxygen atoms in total. The number of amides is 2. The van der Waals surface area contributed by atoms with E-state index in [1.807, 2.05) is 19.9 Å². The maximum absolute atomic E-state index is 13.6. The van der Waals surface area contributed by atoms with Crippen molar-refractivity contribution in [3.05, 3.63) is 63.1 Å². The van der Waals surface area contributed by atoms with Gasteiger partial charge in [-0.1, -0.05) is 60.3 Å². The second kappa shape index (κ2) is 12.6. The Kier molecular flexibility index (Phi) is 10.4. The minimum absolute atomic E-state index is 0.0514. The van der Waals surface area contributed by atoms with Crippen LogP contribution in [0, 0.1) is 13.8 Å². The zero-order chi connectivity index (χ0) is 26.3. The van der Waals surface area contributed by atoms with E-state index in [9.17, 15) is 18.0 Å². The summed E-state index contributed by atoms with van der Waals surface area (Å²) in [5.74, 6) is -0.892. The van der Waals surface area contributed by atoms with Crippen molar-refractivity contribution >= 4 is 50.7 Å². The van der Waals surface area contributed by atoms with Gasteiger partial charge in [0.25, 0.3) is 0 Å². The molecule has 1 N–H and O–H groups in total. The number of unbranched alkanes of at least 4 members (excludes halogenated alkanes) is 1. The first-order valence-electron chi connectivity index (χ1n) is 11.4. The highest BCUT2D eigenvalue weighted by Crippen LogP contribution is 2.28. The van der Waals surface area contributed by atoms with Gasteiger partial charge < -0.3 is 10.2 Å². The van der Waals surface area contributed by atoms with Gasteiger partial charge in [0.2, 0.25) is 21.8 Å². The standard InChI is InChI=1S/C25H33Cl2N3O4S/c1-6-7-13-28-25(32)19(4)29(15-20-21(26)9-8-10-22(20)27)24(31)16-30(35(5,33)34)23-12-11-17(2)14-18(23)3/h8-12,14,19H,6-7,13,15-16H2,1-5H3,(H,28,32)/t19-/m0/s1. The second-order valence-corrected chi connectivity index (χ2v) is 11.3. The highest BCUT2D eigenvalue weighted by molar-refractivity contribution is 7.92. The van der Waals surface area contributed by atoms with Crippen LogP contribution in [0.25, 0.3) is 0 Å². The maximum atomic E-state index is 13.6. The highest BCUT2D eigenvalue weighted by atomic mass is 35.5. The molecule has 0 aromatic heterocycles. The van der Waals surface area contributed by atoms with E-state index in [4.69, 9.17) is 23.2 Å². The van der Waals surface area contributed by atoms with Crippen molar-refractivity contribution in [2.75, 3.05) is 23.7 Å². The third-order valence-corrected chi connectivity index (χ3v) is 7.52. The lowest BCUT2D eigenvalue weighted by atomic mass is 10.1. The summed E-state index contributed by atoms with van der Waals surface area (Å²) in [6, 6.07) is 9.42. The molecule has 0 saturated heterocycles. The van der Waals surface area contributed by atoms with Gasteiger partial charge >= 0.3 is 0 Å². The first-order valence-corrected chi connectivity index (χ1v) is 14.0. The molecule has 2 aromatic carbocycles. The molecule has 0 saturated carbocycles. The maximum Gasteiger partial charge on any atom is 0.244 e. The highest BCUT2D eigenvalue weighted by Gasteiger charge is 2.31. The summed E-state index contributed by atoms with van der Waals surface area (Å²) in [6.07, 6.45) is 2.76. The van der Waals surface area contributed by atoms with Gasteiger partial charge in [-0.05, 0) is 51.0 Å². The van der Waals surface area contributed by atoms with E-state index in [0.29, 0.717) is 33.4 Å². The topological polar surface area (TPSA) is 86.8 Å². The molecule has 192 valence electrons. The molecule has 2 rings (SSSR count). The van der Waals surface area contributed by atoms with Gasteiger partial charge in [-0.3, -0.25) is 13.9 Å². The van der Waals surface area contributed by atoms with E-state index in [1.165, 1.54) is 4.90 Å². The first-order chi connectivity index (χ1) is 16.4. The van der Waals surface area contributed by atoms with Crippen molar-refractivity contribution in [2.45, 2.75) is 53.1 Å². The van der Waals surface area contributed by atoms with Gasteiger partial charge in [0.1, 0.15) is 12.6 Å². The third-order valence-electron chi connectivity index (χ3n) is 5.69. The van der Waals surface area contributed by atoms with Crippen molar-refractivity contribution in [2.24, 2.45) is 0 Å². The Morgan fingerprint density at radius 2 is 1.71 bits per heavy atom. The Balaban J connectivity index is 2.44. The fraction of sp³-hybridized carbons (Fsp3) is 0.440. The van der Waals surface area contributed by atoms with Crippen LogP contribution >= 0.6 is 23.2 Å². The molecule has 0 heterocycles. The summed E-state index contributed by atoms with van der Waals surface area (Å²) in [5, 5.41) is 3.53. The van der Waals surface area contributed by atoms with Gasteiger partial charge in [0.15, 0.2) is 0 Å². The minimum atomic E-state index is -3.80. The number of carbonyl (C=O) groups is 2. The van der Waals surface area contributed by atoms with Gasteiger partial charge in [-0.2, -0.15) is 0 Å². The van der Waals surface area contributed by atoms with Crippen LogP contribution in [0.4, 0.5) is 5.69 Å². The van der Waals surface area contributed by atoms with Gasteiger partial charge in [-0.25, -0.2) is 8.42 Å². The molecule has 35 heavy (non-hydrogen) atoms. The normalized spacial score (nSPS) is 12.2. The van der Waals surface area contributed by atoms with Gasteiger partial charge in [0, 0.05) is 28.7 Å². The summed E-state index contributed by atoms with van der Waals surface area (Å²) in [6.45, 7) is 7.26. The van der Waals surface area contributed by atoms with Gasteiger partial charge in [-0.15, -0.1) is 0 Å². The lowest BCUT2D eigenvalue weighted by Gasteiger charge is -2.32. The number of nitrogens with zero attached hydrogens (tertiary/aromatic N) is 2. The number of hydrogen-bond acceptors (Lipinski definition) is 4. The first kappa shape index (κ1) is 28.9. The van der Waals surface area contributed by atoms with E-state index in [1.54, 1.807) is 44.2 Å². The van der Waals surface area contributed by atoms with E-state index in [2.05, 4.69) is 5.32 Å². The van der Waals surface area contributed by atoms with Crippen LogP contribution in [-0.2, 0) is 26.2 Å². The molecule has 0 fully saturated rings. The summed E-state index contributed by atoms with van der Waals surface area (Å²) in [4.78, 5) is 27.8. The Labute approximate surface area is 218 Å². The Hall–Kier alpha value is -2.29. The molecule has 0 radical (unpaired) electrons. The fourth-order valence-corrected chi connectivity index (χ4v) is 5.08. The molecule has 0 spiro atoms. The number of hydrogen-bond donors (Lipinski definition) is 1. The Morgan fingerprint density at radius 3 is 2.26 bits per heavy atom. The predicted octanol–water partition coefficient (Wildman–Crippen LogP) is 4.71. The van der Waals surface area contributed by atoms with Crippen LogP contribution in [0.15, 0.2) is 36.4 Å². The van der Waals surface area contributed by atoms with Crippen molar-refractivity contribution in [1.29, 1.82) is 0 Å². The summed E-state index contributed by atoms with van der Waals surface area (Å²) < 4.78 is 26.5. The molecule has 0 aliphatic rings. The van der Waals surface area contributed by atoms with E-state index in [-0.39, 0.29) is 12.5 Å². The Morgan fingerprint density at radius 1 is 1.09 bits per heavy atom. The molecule has 10 heteroatoms. The number of aryl methyl sites for hydroxylation is 2. The number of nitrogens with one attached hydrogen (secondary N) is 1. The van der Waals surface area contributed by atoms with Crippen molar-refractivity contribution in [1.82, 2.24) is 10.2 Å². The predicted molar refractivity (Wildman–Crippen MR) is 142 cm³/mol. The number of carbonyl (C=O) groups excluding carboxylic acids is 2. The smallest absolute Gasteiger partial charge is 0.244 e. The van der Waals surface area contributed by atoms with Crippen LogP contribution in [0.1, 0.15) is 43.4 Å². The van der Waals surface area contributed by atoms with Crippen LogP contribution in [0.5, 0.6) is 0 Å². The zero-order valence-electron chi connectivity index (χ0n) is 20.8. The fourth-order valence-electron chi connectivity index (χ4n) is 3.65. The molecule has 0 unspecified atom stereocenters. The van der Waals surface area contributed by atoms with E-state index < -0.39 is 28.5 Å². The largest absolute Gasteiger partial charge is 0.354 e. The van der Waals surface area contributed by atoms with Gasteiger partial charge in [0.05, 0.1) is 11.9 Å². The molecule has 2 amide bonds. The summed E-state index contributed by atoms with van der Waals surface area (Å²) in [7, 11) is -3.80. The average Bonchev–Trinajstić information content (AvgIpc) is 2.76. The molecule has 2 aromatic rings. The quantitative estimate of drug-likeness (QED) is 0.417. The van der Waals surface area contributed by atoms with Crippen molar-refractivity contribution in [3.63, 3.8) is 0 Å². The number of benzene rings is 2. The lowest BCUT2D eigenvalue weighted by molar-refractivity contribution is -0.139. The molecule has 0 aliphatic heterocycles. The zero-order valence-corrected chi connectivity index (χ0v) is 23.1. The van der Waals surface area contributed by atoms with Crippen LogP contribution in [-0.4, -0.2) is 50.5 Å². The van der Waals surface area contributed by atoms with E-state index in [0.717, 1.165) is 29.0 Å². The number of rotatable bonds is 11. The third kappa shape index (κ3) is 7.85. The molecular formula is C25H33Cl2N3O4S. The van der Waals surface area contributed by atoms with Crippen LogP contribution in [0.2, 0.25) is 10.0 Å². The average molecular weight is 543 g/mol. The molecule has 1 atom stereocenters. The molecule has 0 bridgehead atoms. The van der Waals surface area contributed by atoms with Crippen LogP contribution < -0.4 is 9.62 Å². The minimum Gasteiger partial charge on any atom is -0.354 e. The SMILES string of the molecule is CCCCNC(=O)[C@H](C)N(Cc1c(Cl)cccc1Cl)C(=O)CN(c1ccc(C)cc1C)S(C)(=O)=O. The summed E-state index contributed by atoms with van der Waals surface area (Å²) >= 11 is 12.7. The number of halogens is 2. The van der Waals surface area contributed by atoms with Crippen LogP contribution in [0.3, 0.4) is 0 Å². The monoisotopic (exact) mass is 541 g/mol. The van der Waals surface area contributed by atoms with Crippen molar-refractivity contribution in [3.8, 4) is 0 Å². The van der Waals surface area contributed by atoms with Crippen molar-refractivity contribution < 1.29 is 18.0 Å². The number of anilines is 1. The molecular weight excluding hydrogens is 509 g/mol. The van der Waals surface area contributed by atoms with E-state index >= 15 is 0 Å². The lowest BCUT2D eigenvalue weighted by Crippen LogP contribution is -2.51. The second-order valence-electron chi connectivity index (χ2n) is 8.60. The molecule has 0 aliphatic carbocycles. The summed E-state index contributed by atoms with van der Waals surface area (Å²) in [5.41, 5.74) is 2.57. The number of sulfonamides is 1. The Bertz CT molecular complexity index is 1150.